The SMILES string of the molecule is Cc1ccnc(C2(C)c3ccccc3-c3ccc(-c4cccc(Oc5cc(N(C)C)ccn5)c4)cc32)c1. The minimum Gasteiger partial charge on any atom is -0.439 e. The maximum atomic E-state index is 6.15. The molecule has 2 aromatic heterocycles. The van der Waals surface area contributed by atoms with Crippen molar-refractivity contribution < 1.29 is 4.74 Å². The van der Waals surface area contributed by atoms with Gasteiger partial charge in [-0.05, 0) is 89.2 Å². The summed E-state index contributed by atoms with van der Waals surface area (Å²) in [7, 11) is 4.01. The summed E-state index contributed by atoms with van der Waals surface area (Å²) >= 11 is 0. The lowest BCUT2D eigenvalue weighted by molar-refractivity contribution is 0.463. The van der Waals surface area contributed by atoms with Crippen molar-refractivity contribution in [3.63, 3.8) is 0 Å². The number of ether oxygens (including phenoxy) is 1. The Labute approximate surface area is 218 Å². The summed E-state index contributed by atoms with van der Waals surface area (Å²) in [4.78, 5) is 11.3. The van der Waals surface area contributed by atoms with Gasteiger partial charge in [-0.15, -0.1) is 0 Å². The molecule has 0 fully saturated rings. The lowest BCUT2D eigenvalue weighted by Crippen LogP contribution is -2.24. The lowest BCUT2D eigenvalue weighted by Gasteiger charge is -2.27. The molecule has 2 heterocycles. The highest BCUT2D eigenvalue weighted by molar-refractivity contribution is 5.85. The summed E-state index contributed by atoms with van der Waals surface area (Å²) in [5.41, 5.74) is 10.3. The maximum absolute atomic E-state index is 6.15. The second-order valence-corrected chi connectivity index (χ2v) is 10.0. The van der Waals surface area contributed by atoms with Crippen molar-refractivity contribution >= 4 is 5.69 Å². The van der Waals surface area contributed by atoms with Crippen molar-refractivity contribution in [1.29, 1.82) is 0 Å². The van der Waals surface area contributed by atoms with Gasteiger partial charge in [-0.1, -0.05) is 48.5 Å². The smallest absolute Gasteiger partial charge is 0.221 e. The molecule has 1 atom stereocenters. The fourth-order valence-electron chi connectivity index (χ4n) is 5.35. The van der Waals surface area contributed by atoms with Crippen LogP contribution in [0.4, 0.5) is 5.69 Å². The van der Waals surface area contributed by atoms with Gasteiger partial charge in [-0.3, -0.25) is 4.98 Å². The zero-order valence-corrected chi connectivity index (χ0v) is 21.6. The van der Waals surface area contributed by atoms with E-state index in [1.807, 2.05) is 49.5 Å². The third-order valence-corrected chi connectivity index (χ3v) is 7.37. The summed E-state index contributed by atoms with van der Waals surface area (Å²) in [6.45, 7) is 4.42. The van der Waals surface area contributed by atoms with Gasteiger partial charge >= 0.3 is 0 Å². The van der Waals surface area contributed by atoms with Gasteiger partial charge in [0, 0.05) is 38.2 Å². The first kappa shape index (κ1) is 23.0. The van der Waals surface area contributed by atoms with Gasteiger partial charge in [0.1, 0.15) is 5.75 Å². The molecule has 0 saturated heterocycles. The van der Waals surface area contributed by atoms with Gasteiger partial charge in [0.2, 0.25) is 5.88 Å². The van der Waals surface area contributed by atoms with Crippen LogP contribution in [0.1, 0.15) is 29.3 Å². The Balaban J connectivity index is 1.42. The maximum Gasteiger partial charge on any atom is 0.221 e. The molecule has 0 spiro atoms. The summed E-state index contributed by atoms with van der Waals surface area (Å²) in [6.07, 6.45) is 3.69. The van der Waals surface area contributed by atoms with Crippen LogP contribution in [0.15, 0.2) is 103 Å². The molecule has 1 unspecified atom stereocenters. The normalized spacial score (nSPS) is 15.7. The number of nitrogens with zero attached hydrogens (tertiary/aromatic N) is 3. The zero-order valence-electron chi connectivity index (χ0n) is 21.6. The number of fused-ring (bicyclic) bond motifs is 3. The number of hydrogen-bond donors (Lipinski definition) is 0. The van der Waals surface area contributed by atoms with Crippen LogP contribution in [0.25, 0.3) is 22.3 Å². The van der Waals surface area contributed by atoms with Gasteiger partial charge in [0.15, 0.2) is 0 Å². The Morgan fingerprint density at radius 3 is 2.32 bits per heavy atom. The monoisotopic (exact) mass is 483 g/mol. The van der Waals surface area contributed by atoms with E-state index in [0.717, 1.165) is 28.3 Å². The highest BCUT2D eigenvalue weighted by atomic mass is 16.5. The van der Waals surface area contributed by atoms with E-state index in [4.69, 9.17) is 9.72 Å². The lowest BCUT2D eigenvalue weighted by atomic mass is 9.76. The van der Waals surface area contributed by atoms with E-state index in [9.17, 15) is 0 Å². The molecular weight excluding hydrogens is 454 g/mol. The summed E-state index contributed by atoms with van der Waals surface area (Å²) in [5, 5.41) is 0. The Bertz CT molecular complexity index is 1620. The van der Waals surface area contributed by atoms with Crippen molar-refractivity contribution in [2.45, 2.75) is 19.3 Å². The second kappa shape index (κ2) is 8.90. The molecule has 1 aliphatic rings. The Morgan fingerprint density at radius 2 is 1.49 bits per heavy atom. The molecule has 0 radical (unpaired) electrons. The second-order valence-electron chi connectivity index (χ2n) is 10.0. The van der Waals surface area contributed by atoms with Crippen molar-refractivity contribution in [1.82, 2.24) is 9.97 Å². The van der Waals surface area contributed by atoms with Crippen LogP contribution in [0, 0.1) is 6.92 Å². The molecule has 4 nitrogen and oxygen atoms in total. The molecule has 6 rings (SSSR count). The van der Waals surface area contributed by atoms with Gasteiger partial charge in [0.05, 0.1) is 11.1 Å². The minimum atomic E-state index is -0.335. The van der Waals surface area contributed by atoms with E-state index >= 15 is 0 Å². The number of hydrogen-bond acceptors (Lipinski definition) is 4. The van der Waals surface area contributed by atoms with E-state index in [0.29, 0.717) is 5.88 Å². The number of pyridine rings is 2. The van der Waals surface area contributed by atoms with Crippen LogP contribution in [0.3, 0.4) is 0 Å². The number of rotatable bonds is 5. The largest absolute Gasteiger partial charge is 0.439 e. The Morgan fingerprint density at radius 1 is 0.703 bits per heavy atom. The first-order chi connectivity index (χ1) is 17.9. The fourth-order valence-corrected chi connectivity index (χ4v) is 5.35. The number of aryl methyl sites for hydroxylation is 1. The van der Waals surface area contributed by atoms with Crippen molar-refractivity contribution in [2.75, 3.05) is 19.0 Å². The Hall–Kier alpha value is -4.44. The average molecular weight is 484 g/mol. The molecule has 0 saturated carbocycles. The predicted molar refractivity (Wildman–Crippen MR) is 150 cm³/mol. The van der Waals surface area contributed by atoms with Crippen LogP contribution in [-0.4, -0.2) is 24.1 Å². The van der Waals surface area contributed by atoms with Crippen LogP contribution in [0.2, 0.25) is 0 Å². The third kappa shape index (κ3) is 3.95. The first-order valence-electron chi connectivity index (χ1n) is 12.5. The van der Waals surface area contributed by atoms with Crippen LogP contribution in [-0.2, 0) is 5.41 Å². The molecule has 0 aliphatic heterocycles. The van der Waals surface area contributed by atoms with E-state index in [2.05, 4.69) is 85.6 Å². The van der Waals surface area contributed by atoms with Crippen LogP contribution >= 0.6 is 0 Å². The molecule has 0 N–H and O–H groups in total. The number of anilines is 1. The molecule has 37 heavy (non-hydrogen) atoms. The summed E-state index contributed by atoms with van der Waals surface area (Å²) in [6, 6.07) is 31.9. The molecule has 0 amide bonds. The molecule has 3 aromatic carbocycles. The fraction of sp³-hybridized carbons (Fsp3) is 0.152. The quantitative estimate of drug-likeness (QED) is 0.257. The summed E-state index contributed by atoms with van der Waals surface area (Å²) < 4.78 is 6.15. The van der Waals surface area contributed by atoms with Crippen molar-refractivity contribution in [3.05, 3.63) is 126 Å². The summed E-state index contributed by atoms with van der Waals surface area (Å²) in [5.74, 6) is 1.33. The molecule has 182 valence electrons. The van der Waals surface area contributed by atoms with E-state index in [1.165, 1.54) is 27.8 Å². The average Bonchev–Trinajstić information content (AvgIpc) is 3.18. The van der Waals surface area contributed by atoms with Gasteiger partial charge in [0.25, 0.3) is 0 Å². The standard InChI is InChI=1S/C33H29N3O/c1-22-14-16-34-31(18-22)33(2)29-11-6-5-10-27(29)28-13-12-24(20-30(28)33)23-8-7-9-26(19-23)37-32-21-25(36(3)4)15-17-35-32/h5-21H,1-4H3. The van der Waals surface area contributed by atoms with E-state index < -0.39 is 0 Å². The van der Waals surface area contributed by atoms with Crippen molar-refractivity contribution in [2.24, 2.45) is 0 Å². The third-order valence-electron chi connectivity index (χ3n) is 7.37. The molecule has 0 bridgehead atoms. The van der Waals surface area contributed by atoms with E-state index in [-0.39, 0.29) is 5.41 Å². The zero-order chi connectivity index (χ0) is 25.6. The van der Waals surface area contributed by atoms with E-state index in [1.54, 1.807) is 6.20 Å². The molecular formula is C33H29N3O. The Kier molecular flexibility index (Phi) is 5.53. The molecule has 5 aromatic rings. The number of aromatic nitrogens is 2. The van der Waals surface area contributed by atoms with Gasteiger partial charge in [-0.25, -0.2) is 4.98 Å². The van der Waals surface area contributed by atoms with Crippen molar-refractivity contribution in [3.8, 4) is 33.9 Å². The molecule has 1 aliphatic carbocycles. The molecule has 4 heteroatoms. The predicted octanol–water partition coefficient (Wildman–Crippen LogP) is 7.65. The minimum absolute atomic E-state index is 0.335. The van der Waals surface area contributed by atoms with Gasteiger partial charge < -0.3 is 9.64 Å². The highest BCUT2D eigenvalue weighted by Gasteiger charge is 2.41. The van der Waals surface area contributed by atoms with Crippen LogP contribution in [0.5, 0.6) is 11.6 Å². The highest BCUT2D eigenvalue weighted by Crippen LogP contribution is 2.52. The van der Waals surface area contributed by atoms with Gasteiger partial charge in [-0.2, -0.15) is 0 Å². The van der Waals surface area contributed by atoms with Crippen LogP contribution < -0.4 is 9.64 Å². The number of benzene rings is 3. The topological polar surface area (TPSA) is 38.2 Å². The first-order valence-corrected chi connectivity index (χ1v) is 12.5.